The number of nitrogens with zero attached hydrogens (tertiary/aromatic N) is 5. The zero-order valence-corrected chi connectivity index (χ0v) is 26.7. The number of para-hydroxylation sites is 3. The van der Waals surface area contributed by atoms with Crippen LogP contribution in [0.15, 0.2) is 152 Å². The Hall–Kier alpha value is -7.39. The van der Waals surface area contributed by atoms with Gasteiger partial charge in [0.2, 0.25) is 0 Å². The minimum atomic E-state index is 0.553. The van der Waals surface area contributed by atoms with Crippen LogP contribution in [0.25, 0.3) is 77.2 Å². The highest BCUT2D eigenvalue weighted by Gasteiger charge is 2.19. The molecule has 2 aromatic heterocycles. The molecule has 0 aliphatic rings. The molecule has 0 atom stereocenters. The Morgan fingerprint density at radius 1 is 0.380 bits per heavy atom. The van der Waals surface area contributed by atoms with Crippen LogP contribution in [-0.4, -0.2) is 9.13 Å². The molecule has 230 valence electrons. The van der Waals surface area contributed by atoms with Gasteiger partial charge in [-0.25, -0.2) is 0 Å². The van der Waals surface area contributed by atoms with E-state index in [4.69, 9.17) is 0 Å². The molecule has 9 rings (SSSR count). The van der Waals surface area contributed by atoms with Gasteiger partial charge in [-0.3, -0.25) is 0 Å². The van der Waals surface area contributed by atoms with E-state index in [9.17, 15) is 15.8 Å². The molecular formula is C45H25N5. The van der Waals surface area contributed by atoms with Crippen molar-refractivity contribution in [3.05, 3.63) is 168 Å². The first-order valence-electron chi connectivity index (χ1n) is 16.3. The van der Waals surface area contributed by atoms with Crippen LogP contribution < -0.4 is 0 Å². The van der Waals surface area contributed by atoms with Crippen molar-refractivity contribution in [1.82, 2.24) is 9.13 Å². The van der Waals surface area contributed by atoms with Crippen LogP contribution in [0.4, 0.5) is 0 Å². The molecule has 5 heteroatoms. The number of aromatic nitrogens is 2. The predicted octanol–water partition coefficient (Wildman–Crippen LogP) is 10.8. The van der Waals surface area contributed by atoms with Crippen LogP contribution in [0.5, 0.6) is 0 Å². The monoisotopic (exact) mass is 635 g/mol. The highest BCUT2D eigenvalue weighted by atomic mass is 15.0. The van der Waals surface area contributed by atoms with Gasteiger partial charge in [0.15, 0.2) is 0 Å². The molecule has 0 bridgehead atoms. The Balaban J connectivity index is 1.18. The van der Waals surface area contributed by atoms with Gasteiger partial charge in [0.25, 0.3) is 0 Å². The first-order valence-corrected chi connectivity index (χ1v) is 16.3. The van der Waals surface area contributed by atoms with Gasteiger partial charge >= 0.3 is 0 Å². The number of benzene rings is 7. The van der Waals surface area contributed by atoms with Crippen LogP contribution in [0, 0.1) is 34.0 Å². The summed E-state index contributed by atoms with van der Waals surface area (Å²) in [6.07, 6.45) is 0. The van der Waals surface area contributed by atoms with Crippen LogP contribution >= 0.6 is 0 Å². The fourth-order valence-electron chi connectivity index (χ4n) is 7.38. The number of nitriles is 3. The maximum atomic E-state index is 10.4. The Kier molecular flexibility index (Phi) is 6.56. The summed E-state index contributed by atoms with van der Waals surface area (Å²) >= 11 is 0. The lowest BCUT2D eigenvalue weighted by Crippen LogP contribution is -2.01. The summed E-state index contributed by atoms with van der Waals surface area (Å²) in [5.41, 5.74) is 11.6. The average molecular weight is 636 g/mol. The van der Waals surface area contributed by atoms with E-state index in [1.54, 1.807) is 0 Å². The number of hydrogen-bond donors (Lipinski definition) is 0. The van der Waals surface area contributed by atoms with Gasteiger partial charge in [-0.2, -0.15) is 15.8 Å². The summed E-state index contributed by atoms with van der Waals surface area (Å²) in [7, 11) is 0. The fraction of sp³-hybridized carbons (Fsp3) is 0. The van der Waals surface area contributed by atoms with Crippen LogP contribution in [0.1, 0.15) is 16.7 Å². The second-order valence-electron chi connectivity index (χ2n) is 12.3. The van der Waals surface area contributed by atoms with Crippen LogP contribution in [0.2, 0.25) is 0 Å². The lowest BCUT2D eigenvalue weighted by molar-refractivity contribution is 1.17. The number of hydrogen-bond acceptors (Lipinski definition) is 3. The summed E-state index contributed by atoms with van der Waals surface area (Å²) in [6, 6.07) is 57.9. The van der Waals surface area contributed by atoms with E-state index >= 15 is 0 Å². The lowest BCUT2D eigenvalue weighted by Gasteiger charge is -2.16. The molecule has 2 heterocycles. The largest absolute Gasteiger partial charge is 0.309 e. The molecule has 5 nitrogen and oxygen atoms in total. The zero-order valence-electron chi connectivity index (χ0n) is 26.7. The first kappa shape index (κ1) is 28.8. The lowest BCUT2D eigenvalue weighted by atomic mass is 9.97. The molecular weight excluding hydrogens is 611 g/mol. The Bertz CT molecular complexity index is 2960. The van der Waals surface area contributed by atoms with Gasteiger partial charge in [0.05, 0.1) is 56.6 Å². The van der Waals surface area contributed by atoms with Gasteiger partial charge in [0.1, 0.15) is 6.07 Å². The molecule has 0 radical (unpaired) electrons. The molecule has 0 fully saturated rings. The van der Waals surface area contributed by atoms with Gasteiger partial charge < -0.3 is 9.13 Å². The Morgan fingerprint density at radius 2 is 1.00 bits per heavy atom. The topological polar surface area (TPSA) is 81.2 Å². The van der Waals surface area contributed by atoms with Gasteiger partial charge in [-0.1, -0.05) is 91.0 Å². The van der Waals surface area contributed by atoms with Crippen LogP contribution in [0.3, 0.4) is 0 Å². The summed E-state index contributed by atoms with van der Waals surface area (Å²) in [5, 5.41) is 33.9. The Labute approximate surface area is 287 Å². The molecule has 0 aliphatic carbocycles. The molecule has 9 aromatic rings. The van der Waals surface area contributed by atoms with Crippen molar-refractivity contribution in [3.8, 4) is 51.8 Å². The summed E-state index contributed by atoms with van der Waals surface area (Å²) in [5.74, 6) is 0. The molecule has 0 amide bonds. The second kappa shape index (κ2) is 11.4. The maximum Gasteiger partial charge on any atom is 0.101 e. The van der Waals surface area contributed by atoms with E-state index in [2.05, 4.69) is 106 Å². The molecule has 0 unspecified atom stereocenters. The van der Waals surface area contributed by atoms with Crippen molar-refractivity contribution in [2.75, 3.05) is 0 Å². The molecule has 7 aromatic carbocycles. The van der Waals surface area contributed by atoms with E-state index in [1.165, 1.54) is 0 Å². The van der Waals surface area contributed by atoms with Crippen molar-refractivity contribution in [2.45, 2.75) is 0 Å². The minimum absolute atomic E-state index is 0.553. The van der Waals surface area contributed by atoms with E-state index < -0.39 is 0 Å². The van der Waals surface area contributed by atoms with Crippen molar-refractivity contribution in [2.24, 2.45) is 0 Å². The van der Waals surface area contributed by atoms with E-state index in [-0.39, 0.29) is 0 Å². The fourth-order valence-corrected chi connectivity index (χ4v) is 7.38. The first-order chi connectivity index (χ1) is 24.7. The molecule has 0 N–H and O–H groups in total. The van der Waals surface area contributed by atoms with Gasteiger partial charge in [-0.05, 0) is 77.4 Å². The SMILES string of the molecule is N#Cc1ccc2c(c1)c1ccccc1n2-c1cccc(-c2ccc(-c3cccc(C#N)c3-n3c4ccccc4c4ccc(C#N)cc43)cc2)c1. The molecule has 0 saturated heterocycles. The van der Waals surface area contributed by atoms with Gasteiger partial charge in [0, 0.05) is 32.8 Å². The molecule has 0 aliphatic heterocycles. The number of rotatable bonds is 4. The molecule has 0 spiro atoms. The van der Waals surface area contributed by atoms with Crippen molar-refractivity contribution in [1.29, 1.82) is 15.8 Å². The third kappa shape index (κ3) is 4.38. The average Bonchev–Trinajstić information content (AvgIpc) is 3.69. The van der Waals surface area contributed by atoms with Crippen molar-refractivity contribution in [3.63, 3.8) is 0 Å². The quantitative estimate of drug-likeness (QED) is 0.193. The highest BCUT2D eigenvalue weighted by Crippen LogP contribution is 2.39. The summed E-state index contributed by atoms with van der Waals surface area (Å²) in [6.45, 7) is 0. The Morgan fingerprint density at radius 3 is 1.76 bits per heavy atom. The van der Waals surface area contributed by atoms with Crippen LogP contribution in [-0.2, 0) is 0 Å². The van der Waals surface area contributed by atoms with E-state index in [0.717, 1.165) is 77.2 Å². The smallest absolute Gasteiger partial charge is 0.101 e. The maximum absolute atomic E-state index is 10.4. The van der Waals surface area contributed by atoms with E-state index in [0.29, 0.717) is 16.7 Å². The molecule has 50 heavy (non-hydrogen) atoms. The van der Waals surface area contributed by atoms with Gasteiger partial charge in [-0.15, -0.1) is 0 Å². The summed E-state index contributed by atoms with van der Waals surface area (Å²) < 4.78 is 4.38. The minimum Gasteiger partial charge on any atom is -0.309 e. The normalized spacial score (nSPS) is 11.1. The number of fused-ring (bicyclic) bond motifs is 6. The highest BCUT2D eigenvalue weighted by molar-refractivity contribution is 6.11. The van der Waals surface area contributed by atoms with Crippen molar-refractivity contribution < 1.29 is 0 Å². The van der Waals surface area contributed by atoms with E-state index in [1.807, 2.05) is 72.8 Å². The standard InChI is InChI=1S/C45H25N5/c46-26-29-16-22-43-40(23-29)38-11-2-3-13-41(38)49(43)35-9-5-7-33(25-35)31-17-19-32(20-18-31)36-12-6-8-34(28-48)45(36)50-42-14-4-1-10-37(42)39-21-15-30(27-47)24-44(39)50/h1-25H. The second-order valence-corrected chi connectivity index (χ2v) is 12.3. The third-order valence-electron chi connectivity index (χ3n) is 9.62. The van der Waals surface area contributed by atoms with Crippen molar-refractivity contribution >= 4 is 43.6 Å². The zero-order chi connectivity index (χ0) is 33.8. The molecule has 0 saturated carbocycles. The predicted molar refractivity (Wildman–Crippen MR) is 200 cm³/mol. The summed E-state index contributed by atoms with van der Waals surface area (Å²) in [4.78, 5) is 0. The third-order valence-corrected chi connectivity index (χ3v) is 9.62.